The number of carbonyl (C=O) groups is 1. The molecule has 0 atom stereocenters. The minimum absolute atomic E-state index is 0.247. The molecular weight excluding hydrogens is 298 g/mol. The summed E-state index contributed by atoms with van der Waals surface area (Å²) in [7, 11) is 0. The molecule has 1 amide bonds. The number of amides is 1. The van der Waals surface area contributed by atoms with Crippen molar-refractivity contribution >= 4 is 23.3 Å². The van der Waals surface area contributed by atoms with E-state index in [0.717, 1.165) is 23.8 Å². The van der Waals surface area contributed by atoms with E-state index in [0.29, 0.717) is 19.5 Å². The van der Waals surface area contributed by atoms with E-state index in [2.05, 4.69) is 9.88 Å². The molecule has 22 heavy (non-hydrogen) atoms. The first-order valence-electron chi connectivity index (χ1n) is 7.51. The molecule has 0 aromatic carbocycles. The molecule has 120 valence electrons. The van der Waals surface area contributed by atoms with Crippen LogP contribution in [0.3, 0.4) is 0 Å². The third-order valence-corrected chi connectivity index (χ3v) is 3.75. The lowest BCUT2D eigenvalue weighted by Crippen LogP contribution is -2.51. The molecule has 1 aromatic rings. The van der Waals surface area contributed by atoms with Crippen molar-refractivity contribution in [3.8, 4) is 0 Å². The molecule has 0 aliphatic carbocycles. The fraction of sp³-hybridized carbons (Fsp3) is 0.562. The van der Waals surface area contributed by atoms with Gasteiger partial charge < -0.3 is 14.5 Å². The number of nitrogens with zero attached hydrogens (tertiary/aromatic N) is 3. The number of pyridine rings is 1. The van der Waals surface area contributed by atoms with Gasteiger partial charge >= 0.3 is 6.09 Å². The number of piperazine rings is 1. The Kier molecular flexibility index (Phi) is 5.34. The zero-order valence-electron chi connectivity index (χ0n) is 13.4. The van der Waals surface area contributed by atoms with E-state index in [1.807, 2.05) is 39.0 Å². The van der Waals surface area contributed by atoms with Crippen molar-refractivity contribution in [1.29, 1.82) is 0 Å². The van der Waals surface area contributed by atoms with Gasteiger partial charge in [0.25, 0.3) is 0 Å². The lowest BCUT2D eigenvalue weighted by Gasteiger charge is -2.36. The van der Waals surface area contributed by atoms with Gasteiger partial charge in [-0.15, -0.1) is 0 Å². The molecule has 0 unspecified atom stereocenters. The second-order valence-electron chi connectivity index (χ2n) is 6.35. The third-order valence-electron chi connectivity index (χ3n) is 3.34. The van der Waals surface area contributed by atoms with Crippen molar-refractivity contribution < 1.29 is 9.53 Å². The normalized spacial score (nSPS) is 15.6. The summed E-state index contributed by atoms with van der Waals surface area (Å²) in [6.45, 7) is 8.39. The number of hydrogen-bond donors (Lipinski definition) is 0. The first-order valence-corrected chi connectivity index (χ1v) is 7.91. The minimum Gasteiger partial charge on any atom is -0.444 e. The summed E-state index contributed by atoms with van der Waals surface area (Å²) in [5, 5.41) is 0. The van der Waals surface area contributed by atoms with Crippen LogP contribution >= 0.6 is 12.2 Å². The van der Waals surface area contributed by atoms with Gasteiger partial charge in [-0.1, -0.05) is 18.3 Å². The highest BCUT2D eigenvalue weighted by atomic mass is 32.1. The van der Waals surface area contributed by atoms with E-state index in [4.69, 9.17) is 17.0 Å². The van der Waals surface area contributed by atoms with E-state index >= 15 is 0 Å². The van der Waals surface area contributed by atoms with Crippen molar-refractivity contribution in [2.75, 3.05) is 26.2 Å². The summed E-state index contributed by atoms with van der Waals surface area (Å²) in [6, 6.07) is 5.83. The lowest BCUT2D eigenvalue weighted by atomic mass is 10.2. The van der Waals surface area contributed by atoms with Gasteiger partial charge in [0.15, 0.2) is 0 Å². The molecule has 1 aliphatic rings. The van der Waals surface area contributed by atoms with E-state index in [-0.39, 0.29) is 6.09 Å². The number of aromatic nitrogens is 1. The first-order chi connectivity index (χ1) is 10.3. The maximum Gasteiger partial charge on any atom is 0.410 e. The predicted molar refractivity (Wildman–Crippen MR) is 89.9 cm³/mol. The smallest absolute Gasteiger partial charge is 0.410 e. The molecular formula is C16H23N3O2S. The maximum atomic E-state index is 12.0. The molecule has 1 aliphatic heterocycles. The van der Waals surface area contributed by atoms with Crippen LogP contribution in [0, 0.1) is 0 Å². The van der Waals surface area contributed by atoms with Crippen LogP contribution in [0.5, 0.6) is 0 Å². The second kappa shape index (κ2) is 7.05. The molecule has 1 aromatic heterocycles. The average Bonchev–Trinajstić information content (AvgIpc) is 2.46. The highest BCUT2D eigenvalue weighted by Crippen LogP contribution is 2.13. The van der Waals surface area contributed by atoms with Crippen LogP contribution < -0.4 is 0 Å². The van der Waals surface area contributed by atoms with Crippen LogP contribution in [0.4, 0.5) is 4.79 Å². The van der Waals surface area contributed by atoms with Gasteiger partial charge in [-0.3, -0.25) is 4.98 Å². The number of hydrogen-bond acceptors (Lipinski definition) is 4. The standard InChI is InChI=1S/C16H23N3O2S/c1-16(2,3)21-15(20)19-10-8-18(9-11-19)14(22)12-13-6-4-5-7-17-13/h4-7H,8-12H2,1-3H3. The largest absolute Gasteiger partial charge is 0.444 e. The highest BCUT2D eigenvalue weighted by Gasteiger charge is 2.26. The molecule has 2 heterocycles. The van der Waals surface area contributed by atoms with Gasteiger partial charge in [-0.25, -0.2) is 4.79 Å². The quantitative estimate of drug-likeness (QED) is 0.783. The van der Waals surface area contributed by atoms with E-state index in [9.17, 15) is 4.79 Å². The molecule has 2 rings (SSSR count). The van der Waals surface area contributed by atoms with Gasteiger partial charge in [-0.2, -0.15) is 0 Å². The molecule has 6 heteroatoms. The van der Waals surface area contributed by atoms with E-state index < -0.39 is 5.60 Å². The van der Waals surface area contributed by atoms with Gasteiger partial charge in [-0.05, 0) is 32.9 Å². The lowest BCUT2D eigenvalue weighted by molar-refractivity contribution is 0.0187. The molecule has 1 fully saturated rings. The van der Waals surface area contributed by atoms with Crippen LogP contribution in [0.1, 0.15) is 26.5 Å². The Balaban J connectivity index is 1.82. The topological polar surface area (TPSA) is 45.7 Å². The number of carbonyl (C=O) groups excluding carboxylic acids is 1. The van der Waals surface area contributed by atoms with Crippen molar-refractivity contribution in [2.45, 2.75) is 32.8 Å². The summed E-state index contributed by atoms with van der Waals surface area (Å²) >= 11 is 5.50. The Bertz CT molecular complexity index is 520. The SMILES string of the molecule is CC(C)(C)OC(=O)N1CCN(C(=S)Cc2ccccn2)CC1. The molecule has 0 N–H and O–H groups in total. The van der Waals surface area contributed by atoms with Gasteiger partial charge in [0, 0.05) is 44.5 Å². The summed E-state index contributed by atoms with van der Waals surface area (Å²) in [6.07, 6.45) is 2.20. The summed E-state index contributed by atoms with van der Waals surface area (Å²) < 4.78 is 5.39. The number of thiocarbonyl (C=S) groups is 1. The van der Waals surface area contributed by atoms with Crippen molar-refractivity contribution in [3.05, 3.63) is 30.1 Å². The van der Waals surface area contributed by atoms with Crippen LogP contribution in [0.25, 0.3) is 0 Å². The summed E-state index contributed by atoms with van der Waals surface area (Å²) in [5.74, 6) is 0. The molecule has 0 radical (unpaired) electrons. The zero-order chi connectivity index (χ0) is 16.2. The zero-order valence-corrected chi connectivity index (χ0v) is 14.2. The van der Waals surface area contributed by atoms with Crippen molar-refractivity contribution in [1.82, 2.24) is 14.8 Å². The molecule has 0 saturated carbocycles. The first kappa shape index (κ1) is 16.7. The number of ether oxygens (including phenoxy) is 1. The average molecular weight is 321 g/mol. The third kappa shape index (κ3) is 4.94. The van der Waals surface area contributed by atoms with Crippen molar-refractivity contribution in [2.24, 2.45) is 0 Å². The molecule has 0 bridgehead atoms. The molecule has 0 spiro atoms. The Morgan fingerprint density at radius 3 is 2.41 bits per heavy atom. The second-order valence-corrected chi connectivity index (χ2v) is 6.82. The summed E-state index contributed by atoms with van der Waals surface area (Å²) in [4.78, 5) is 21.1. The van der Waals surface area contributed by atoms with Crippen molar-refractivity contribution in [3.63, 3.8) is 0 Å². The van der Waals surface area contributed by atoms with E-state index in [1.54, 1.807) is 11.1 Å². The monoisotopic (exact) mass is 321 g/mol. The fourth-order valence-corrected chi connectivity index (χ4v) is 2.56. The summed E-state index contributed by atoms with van der Waals surface area (Å²) in [5.41, 5.74) is 0.518. The predicted octanol–water partition coefficient (Wildman–Crippen LogP) is 2.50. The fourth-order valence-electron chi connectivity index (χ4n) is 2.23. The maximum absolute atomic E-state index is 12.0. The van der Waals surface area contributed by atoms with Crippen LogP contribution in [0.15, 0.2) is 24.4 Å². The van der Waals surface area contributed by atoms with Crippen LogP contribution in [-0.4, -0.2) is 57.6 Å². The highest BCUT2D eigenvalue weighted by molar-refractivity contribution is 7.80. The van der Waals surface area contributed by atoms with Gasteiger partial charge in [0.05, 0.1) is 4.99 Å². The Morgan fingerprint density at radius 2 is 1.86 bits per heavy atom. The Labute approximate surface area is 137 Å². The van der Waals surface area contributed by atoms with Gasteiger partial charge in [0.2, 0.25) is 0 Å². The number of rotatable bonds is 2. The minimum atomic E-state index is -0.456. The van der Waals surface area contributed by atoms with Gasteiger partial charge in [0.1, 0.15) is 5.60 Å². The van der Waals surface area contributed by atoms with Crippen LogP contribution in [0.2, 0.25) is 0 Å². The Hall–Kier alpha value is -1.69. The van der Waals surface area contributed by atoms with E-state index in [1.165, 1.54) is 0 Å². The Morgan fingerprint density at radius 1 is 1.23 bits per heavy atom. The molecule has 5 nitrogen and oxygen atoms in total. The molecule has 1 saturated heterocycles. The van der Waals surface area contributed by atoms with Crippen LogP contribution in [-0.2, 0) is 11.2 Å².